The summed E-state index contributed by atoms with van der Waals surface area (Å²) >= 11 is 0. The highest BCUT2D eigenvalue weighted by molar-refractivity contribution is 7.52. The number of nitrogen functional groups attached to an aromatic ring is 1. The van der Waals surface area contributed by atoms with Crippen molar-refractivity contribution in [1.82, 2.24) is 14.6 Å². The Morgan fingerprint density at radius 2 is 1.79 bits per heavy atom. The number of nitrogens with zero attached hydrogens (tertiary/aromatic N) is 2. The Morgan fingerprint density at radius 1 is 1.12 bits per heavy atom. The molecule has 1 heterocycles. The minimum absolute atomic E-state index is 0.0109. The fraction of sp³-hybridized carbons (Fsp3) is 0.310. The van der Waals surface area contributed by atoms with Crippen molar-refractivity contribution in [1.29, 1.82) is 0 Å². The van der Waals surface area contributed by atoms with E-state index in [4.69, 9.17) is 19.5 Å². The van der Waals surface area contributed by atoms with Crippen molar-refractivity contribution in [2.75, 3.05) is 18.9 Å². The van der Waals surface area contributed by atoms with Crippen LogP contribution < -0.4 is 21.0 Å². The van der Waals surface area contributed by atoms with Gasteiger partial charge in [-0.25, -0.2) is 9.36 Å². The molecule has 42 heavy (non-hydrogen) atoms. The number of esters is 1. The number of benzene rings is 2. The molecule has 1 aliphatic rings. The molecule has 2 aromatic carbocycles. The first-order valence-corrected chi connectivity index (χ1v) is 14.8. The number of carbonyl (C=O) groups excluding carboxylic acids is 1. The number of carboxylic acid groups (broad SMARTS) is 1. The van der Waals surface area contributed by atoms with E-state index in [9.17, 15) is 24.1 Å². The average molecular weight is 597 g/mol. The van der Waals surface area contributed by atoms with Crippen LogP contribution in [0.25, 0.3) is 6.20 Å². The summed E-state index contributed by atoms with van der Waals surface area (Å²) in [4.78, 5) is 40.5. The minimum Gasteiger partial charge on any atom is -0.480 e. The maximum atomic E-state index is 14.1. The first kappa shape index (κ1) is 30.7. The van der Waals surface area contributed by atoms with Crippen LogP contribution in [0.2, 0.25) is 0 Å². The number of carboxylic acids is 1. The first-order valence-electron chi connectivity index (χ1n) is 13.2. The van der Waals surface area contributed by atoms with E-state index in [2.05, 4.69) is 10.1 Å². The Kier molecular flexibility index (Phi) is 9.62. The van der Waals surface area contributed by atoms with E-state index in [0.717, 1.165) is 0 Å². The SMILES string of the molecule is CC(C)C(=O)OCC1(CO[P@@](=O)(NC(Cc2ccccc2)C(=O)O)Oc2ccccc2)C/C1=C/n1ccc(N)nc1=O. The number of nitrogens with one attached hydrogen (secondary N) is 1. The molecule has 0 amide bonds. The normalized spacial score (nSPS) is 19.2. The van der Waals surface area contributed by atoms with E-state index >= 15 is 0 Å². The van der Waals surface area contributed by atoms with Gasteiger partial charge in [-0.1, -0.05) is 62.4 Å². The molecule has 2 unspecified atom stereocenters. The quantitative estimate of drug-likeness (QED) is 0.183. The summed E-state index contributed by atoms with van der Waals surface area (Å²) in [7, 11) is -4.33. The van der Waals surface area contributed by atoms with Gasteiger partial charge in [0, 0.05) is 12.4 Å². The third kappa shape index (κ3) is 8.16. The fourth-order valence-electron chi connectivity index (χ4n) is 4.05. The summed E-state index contributed by atoms with van der Waals surface area (Å²) < 4.78 is 32.5. The van der Waals surface area contributed by atoms with E-state index < -0.39 is 36.8 Å². The molecule has 1 aromatic heterocycles. The van der Waals surface area contributed by atoms with Crippen molar-refractivity contribution < 1.29 is 33.0 Å². The first-order chi connectivity index (χ1) is 20.0. The Morgan fingerprint density at radius 3 is 2.40 bits per heavy atom. The molecule has 0 saturated heterocycles. The summed E-state index contributed by atoms with van der Waals surface area (Å²) in [5.74, 6) is -1.81. The summed E-state index contributed by atoms with van der Waals surface area (Å²) in [5.41, 5.74) is 5.41. The van der Waals surface area contributed by atoms with Crippen molar-refractivity contribution >= 4 is 31.7 Å². The van der Waals surface area contributed by atoms with E-state index in [-0.39, 0.29) is 37.1 Å². The van der Waals surface area contributed by atoms with E-state index in [1.807, 2.05) is 0 Å². The fourth-order valence-corrected chi connectivity index (χ4v) is 5.63. The van der Waals surface area contributed by atoms with Crippen molar-refractivity contribution in [3.8, 4) is 5.75 Å². The highest BCUT2D eigenvalue weighted by Crippen LogP contribution is 2.56. The van der Waals surface area contributed by atoms with Gasteiger partial charge < -0.3 is 20.1 Å². The van der Waals surface area contributed by atoms with Crippen molar-refractivity contribution in [3.63, 3.8) is 0 Å². The number of anilines is 1. The standard InChI is InChI=1S/C29H33N4O8P/c1-20(2)27(36)39-18-29(16-22(29)17-33-14-13-25(30)31-28(33)37)19-40-42(38,41-23-11-7-4-8-12-23)32-24(26(34)35)15-21-9-5-3-6-10-21/h3-14,17,20,24H,15-16,18-19H2,1-2H3,(H,32,38)(H,34,35)(H2,30,31,37)/b22-17-/t24?,29?,42-/m0/s1. The summed E-state index contributed by atoms with van der Waals surface area (Å²) in [6.07, 6.45) is 3.34. The number of aliphatic carboxylic acids is 1. The molecule has 1 fully saturated rings. The van der Waals surface area contributed by atoms with Gasteiger partial charge in [-0.3, -0.25) is 18.7 Å². The van der Waals surface area contributed by atoms with Crippen LogP contribution in [-0.2, 0) is 29.8 Å². The zero-order valence-electron chi connectivity index (χ0n) is 23.2. The maximum Gasteiger partial charge on any atom is 0.459 e. The van der Waals surface area contributed by atoms with Crippen LogP contribution in [0.5, 0.6) is 5.75 Å². The molecule has 1 saturated carbocycles. The zero-order chi connectivity index (χ0) is 30.3. The Hall–Kier alpha value is -4.25. The van der Waals surface area contributed by atoms with Gasteiger partial charge in [-0.05, 0) is 42.2 Å². The second-order valence-electron chi connectivity index (χ2n) is 10.3. The zero-order valence-corrected chi connectivity index (χ0v) is 24.1. The van der Waals surface area contributed by atoms with Gasteiger partial charge in [0.05, 0.1) is 17.9 Å². The number of hydrogen-bond donors (Lipinski definition) is 3. The van der Waals surface area contributed by atoms with Gasteiger partial charge in [0.2, 0.25) is 0 Å². The lowest BCUT2D eigenvalue weighted by Gasteiger charge is -2.25. The molecule has 13 heteroatoms. The van der Waals surface area contributed by atoms with E-state index in [1.54, 1.807) is 74.5 Å². The molecule has 3 aromatic rings. The molecule has 0 spiro atoms. The minimum atomic E-state index is -4.33. The van der Waals surface area contributed by atoms with Crippen LogP contribution in [0.4, 0.5) is 5.82 Å². The molecule has 1 aliphatic carbocycles. The third-order valence-corrected chi connectivity index (χ3v) is 8.12. The number of para-hydroxylation sites is 1. The van der Waals surface area contributed by atoms with Gasteiger partial charge >= 0.3 is 25.4 Å². The predicted octanol–water partition coefficient (Wildman–Crippen LogP) is 3.74. The Labute approximate surface area is 242 Å². The third-order valence-electron chi connectivity index (χ3n) is 6.57. The van der Waals surface area contributed by atoms with Crippen LogP contribution >= 0.6 is 7.75 Å². The lowest BCUT2D eigenvalue weighted by molar-refractivity contribution is -0.149. The topological polar surface area (TPSA) is 172 Å². The van der Waals surface area contributed by atoms with Gasteiger partial charge in [0.15, 0.2) is 0 Å². The largest absolute Gasteiger partial charge is 0.480 e. The number of hydrogen-bond acceptors (Lipinski definition) is 9. The van der Waals surface area contributed by atoms with Crippen molar-refractivity contribution in [2.45, 2.75) is 32.7 Å². The number of nitrogens with two attached hydrogens (primary N) is 1. The van der Waals surface area contributed by atoms with Crippen LogP contribution in [-0.4, -0.2) is 45.9 Å². The van der Waals surface area contributed by atoms with Crippen LogP contribution in [0, 0.1) is 11.3 Å². The highest BCUT2D eigenvalue weighted by Gasteiger charge is 2.52. The van der Waals surface area contributed by atoms with E-state index in [1.165, 1.54) is 23.0 Å². The summed E-state index contributed by atoms with van der Waals surface area (Å²) in [6.45, 7) is 3.00. The van der Waals surface area contributed by atoms with Crippen LogP contribution in [0.1, 0.15) is 25.8 Å². The monoisotopic (exact) mass is 596 g/mol. The van der Waals surface area contributed by atoms with Gasteiger partial charge in [-0.2, -0.15) is 10.1 Å². The molecule has 0 radical (unpaired) electrons. The second-order valence-corrected chi connectivity index (χ2v) is 12.0. The van der Waals surface area contributed by atoms with Gasteiger partial charge in [-0.15, -0.1) is 0 Å². The van der Waals surface area contributed by atoms with E-state index in [0.29, 0.717) is 17.6 Å². The summed E-state index contributed by atoms with van der Waals surface area (Å²) in [6, 6.07) is 17.2. The van der Waals surface area contributed by atoms with Gasteiger partial charge in [0.25, 0.3) is 0 Å². The predicted molar refractivity (Wildman–Crippen MR) is 155 cm³/mol. The highest BCUT2D eigenvalue weighted by atomic mass is 31.2. The Balaban J connectivity index is 1.61. The van der Waals surface area contributed by atoms with Crippen molar-refractivity contribution in [2.24, 2.45) is 11.3 Å². The summed E-state index contributed by atoms with van der Waals surface area (Å²) in [5, 5.41) is 12.5. The molecule has 222 valence electrons. The lowest BCUT2D eigenvalue weighted by atomic mass is 10.1. The molecule has 3 atom stereocenters. The molecular formula is C29H33N4O8P. The molecular weight excluding hydrogens is 563 g/mol. The molecule has 4 rings (SSSR count). The smallest absolute Gasteiger partial charge is 0.459 e. The maximum absolute atomic E-state index is 14.1. The molecule has 4 N–H and O–H groups in total. The van der Waals surface area contributed by atoms with Crippen LogP contribution in [0.3, 0.4) is 0 Å². The molecule has 0 aliphatic heterocycles. The van der Waals surface area contributed by atoms with Crippen LogP contribution in [0.15, 0.2) is 83.3 Å². The average Bonchev–Trinajstić information content (AvgIpc) is 3.65. The Bertz CT molecular complexity index is 1540. The number of rotatable bonds is 14. The number of carbonyl (C=O) groups is 2. The van der Waals surface area contributed by atoms with Crippen molar-refractivity contribution in [3.05, 3.63) is 94.5 Å². The molecule has 0 bridgehead atoms. The second kappa shape index (κ2) is 13.2. The number of ether oxygens (including phenoxy) is 1. The van der Waals surface area contributed by atoms with Gasteiger partial charge in [0.1, 0.15) is 24.2 Å². The lowest BCUT2D eigenvalue weighted by Crippen LogP contribution is -2.38. The molecule has 12 nitrogen and oxygen atoms in total. The number of aromatic nitrogens is 2.